The van der Waals surface area contributed by atoms with Gasteiger partial charge in [0, 0.05) is 42.3 Å². The van der Waals surface area contributed by atoms with Crippen molar-refractivity contribution in [1.82, 2.24) is 15.0 Å². The first-order valence-electron chi connectivity index (χ1n) is 21.7. The molecule has 2 aliphatic rings. The van der Waals surface area contributed by atoms with Crippen molar-refractivity contribution in [2.45, 2.75) is 19.3 Å². The van der Waals surface area contributed by atoms with Gasteiger partial charge in [-0.2, -0.15) is 5.26 Å². The van der Waals surface area contributed by atoms with Crippen LogP contribution >= 0.6 is 11.3 Å². The number of fused-ring (bicyclic) bond motifs is 9. The molecule has 0 N–H and O–H groups in total. The van der Waals surface area contributed by atoms with Crippen LogP contribution < -0.4 is 0 Å². The molecule has 0 bridgehead atoms. The van der Waals surface area contributed by atoms with Crippen molar-refractivity contribution in [3.8, 4) is 95.9 Å². The topological polar surface area (TPSA) is 62.5 Å². The Morgan fingerprint density at radius 2 is 0.906 bits per heavy atom. The van der Waals surface area contributed by atoms with E-state index in [2.05, 4.69) is 172 Å². The third kappa shape index (κ3) is 5.36. The van der Waals surface area contributed by atoms with E-state index in [1.54, 1.807) is 11.3 Å². The monoisotopic (exact) mass is 832 g/mol. The second-order valence-corrected chi connectivity index (χ2v) is 18.5. The van der Waals surface area contributed by atoms with Crippen molar-refractivity contribution in [1.29, 1.82) is 5.26 Å². The van der Waals surface area contributed by atoms with Gasteiger partial charge in [0.25, 0.3) is 0 Å². The van der Waals surface area contributed by atoms with Crippen LogP contribution in [0, 0.1) is 11.3 Å². The second-order valence-electron chi connectivity index (χ2n) is 17.4. The average molecular weight is 833 g/mol. The Morgan fingerprint density at radius 3 is 1.62 bits per heavy atom. The van der Waals surface area contributed by atoms with E-state index < -0.39 is 0 Å². The molecule has 0 spiro atoms. The Bertz CT molecular complexity index is 3790. The fraction of sp³-hybridized carbons (Fsp3) is 0.0508. The number of hydrogen-bond donors (Lipinski definition) is 0. The zero-order valence-electron chi connectivity index (χ0n) is 35.0. The van der Waals surface area contributed by atoms with E-state index >= 15 is 0 Å². The molecule has 0 amide bonds. The lowest BCUT2D eigenvalue weighted by atomic mass is 9.82. The van der Waals surface area contributed by atoms with E-state index in [9.17, 15) is 5.26 Å². The Labute approximate surface area is 374 Å². The van der Waals surface area contributed by atoms with Gasteiger partial charge < -0.3 is 0 Å². The third-order valence-corrected chi connectivity index (χ3v) is 14.7. The summed E-state index contributed by atoms with van der Waals surface area (Å²) in [6.07, 6.45) is 0. The Hall–Kier alpha value is -8.04. The number of aromatic nitrogens is 3. The van der Waals surface area contributed by atoms with Crippen molar-refractivity contribution in [3.63, 3.8) is 0 Å². The summed E-state index contributed by atoms with van der Waals surface area (Å²) < 4.78 is 2.33. The van der Waals surface area contributed by atoms with Crippen molar-refractivity contribution in [2.75, 3.05) is 0 Å². The summed E-state index contributed by atoms with van der Waals surface area (Å²) in [6.45, 7) is 4.61. The smallest absolute Gasteiger partial charge is 0.164 e. The second kappa shape index (κ2) is 13.7. The maximum absolute atomic E-state index is 9.71. The molecule has 0 saturated carbocycles. The van der Waals surface area contributed by atoms with Crippen LogP contribution in [-0.2, 0) is 5.41 Å². The van der Waals surface area contributed by atoms with Crippen LogP contribution in [0.5, 0.6) is 0 Å². The van der Waals surface area contributed by atoms with E-state index in [0.29, 0.717) is 23.0 Å². The molecular formula is C59H36N4S. The Kier molecular flexibility index (Phi) is 7.85. The summed E-state index contributed by atoms with van der Waals surface area (Å²) in [6, 6.07) is 67.3. The van der Waals surface area contributed by atoms with E-state index in [-0.39, 0.29) is 5.41 Å². The van der Waals surface area contributed by atoms with Gasteiger partial charge in [0.1, 0.15) is 0 Å². The highest BCUT2D eigenvalue weighted by atomic mass is 32.1. The number of benzene rings is 9. The van der Waals surface area contributed by atoms with Crippen LogP contribution in [-0.4, -0.2) is 15.0 Å². The molecular weight excluding hydrogens is 797 g/mol. The van der Waals surface area contributed by atoms with Crippen LogP contribution in [0.15, 0.2) is 182 Å². The van der Waals surface area contributed by atoms with Crippen LogP contribution in [0.3, 0.4) is 0 Å². The maximum atomic E-state index is 9.71. The summed E-state index contributed by atoms with van der Waals surface area (Å²) in [5, 5.41) is 14.6. The Morgan fingerprint density at radius 1 is 0.391 bits per heavy atom. The van der Waals surface area contributed by atoms with E-state index in [1.807, 2.05) is 30.3 Å². The summed E-state index contributed by atoms with van der Waals surface area (Å²) >= 11 is 1.75. The van der Waals surface area contributed by atoms with Gasteiger partial charge in [0.2, 0.25) is 0 Å². The zero-order valence-corrected chi connectivity index (χ0v) is 35.8. The summed E-state index contributed by atoms with van der Waals surface area (Å²) in [7, 11) is 0. The predicted molar refractivity (Wildman–Crippen MR) is 264 cm³/mol. The molecule has 0 radical (unpaired) electrons. The molecule has 9 aromatic carbocycles. The largest absolute Gasteiger partial charge is 0.208 e. The van der Waals surface area contributed by atoms with Gasteiger partial charge in [-0.3, -0.25) is 0 Å². The number of thiophene rings is 1. The lowest BCUT2D eigenvalue weighted by Crippen LogP contribution is -2.15. The third-order valence-electron chi connectivity index (χ3n) is 13.5. The predicted octanol–water partition coefficient (Wildman–Crippen LogP) is 15.6. The quantitative estimate of drug-likeness (QED) is 0.173. The van der Waals surface area contributed by atoms with E-state index in [0.717, 1.165) is 27.0 Å². The molecule has 2 aliphatic carbocycles. The normalized spacial score (nSPS) is 13.0. The molecule has 64 heavy (non-hydrogen) atoms. The fourth-order valence-corrected chi connectivity index (χ4v) is 11.6. The lowest BCUT2D eigenvalue weighted by molar-refractivity contribution is 0.660. The van der Waals surface area contributed by atoms with Crippen LogP contribution in [0.25, 0.3) is 121 Å². The van der Waals surface area contributed by atoms with Crippen molar-refractivity contribution >= 4 is 42.3 Å². The number of nitrogens with zero attached hydrogens (tertiary/aromatic N) is 4. The fourth-order valence-electron chi connectivity index (χ4n) is 10.5. The van der Waals surface area contributed by atoms with Gasteiger partial charge in [-0.25, -0.2) is 15.0 Å². The van der Waals surface area contributed by atoms with Crippen LogP contribution in [0.4, 0.5) is 0 Å². The standard InChI is InChI=1S/C59H36N4S/c1-59(2)49-17-9-8-15-42(49)43-26-24-38(32-50(43)59)58-62-56(36-11-4-3-5-12-36)61-57(63-58)37-22-20-35(21-23-37)39-27-28-45-40-13-6-7-14-41(40)46-29-30-47(54(39)55(45)46)44-16-10-18-51-53(44)48-25-19-34(33-60)31-52(48)64-51/h3-32H,1-2H3. The van der Waals surface area contributed by atoms with Gasteiger partial charge in [-0.05, 0) is 102 Å². The van der Waals surface area contributed by atoms with Crippen molar-refractivity contribution in [2.24, 2.45) is 0 Å². The van der Waals surface area contributed by atoms with Crippen molar-refractivity contribution < 1.29 is 0 Å². The van der Waals surface area contributed by atoms with Gasteiger partial charge in [0.15, 0.2) is 17.5 Å². The molecule has 0 saturated heterocycles. The molecule has 5 heteroatoms. The van der Waals surface area contributed by atoms with E-state index in [1.165, 1.54) is 87.4 Å². The zero-order chi connectivity index (χ0) is 42.7. The average Bonchev–Trinajstić information content (AvgIpc) is 3.97. The van der Waals surface area contributed by atoms with E-state index in [4.69, 9.17) is 15.0 Å². The molecule has 0 atom stereocenters. The molecule has 0 aliphatic heterocycles. The van der Waals surface area contributed by atoms with Crippen LogP contribution in [0.2, 0.25) is 0 Å². The molecule has 4 nitrogen and oxygen atoms in total. The summed E-state index contributed by atoms with van der Waals surface area (Å²) in [4.78, 5) is 15.4. The molecule has 11 aromatic rings. The summed E-state index contributed by atoms with van der Waals surface area (Å²) in [5.41, 5.74) is 18.3. The van der Waals surface area contributed by atoms with Gasteiger partial charge >= 0.3 is 0 Å². The van der Waals surface area contributed by atoms with Gasteiger partial charge in [-0.15, -0.1) is 11.3 Å². The highest BCUT2D eigenvalue weighted by Crippen LogP contribution is 2.54. The molecule has 0 unspecified atom stereocenters. The lowest BCUT2D eigenvalue weighted by Gasteiger charge is -2.21. The minimum absolute atomic E-state index is 0.146. The molecule has 13 rings (SSSR count). The molecule has 0 fully saturated rings. The minimum atomic E-state index is -0.146. The first-order chi connectivity index (χ1) is 31.4. The summed E-state index contributed by atoms with van der Waals surface area (Å²) in [5.74, 6) is 1.92. The molecule has 2 aromatic heterocycles. The first-order valence-corrected chi connectivity index (χ1v) is 22.5. The molecule has 298 valence electrons. The van der Waals surface area contributed by atoms with Crippen molar-refractivity contribution in [3.05, 3.63) is 199 Å². The highest BCUT2D eigenvalue weighted by molar-refractivity contribution is 7.26. The number of nitriles is 1. The minimum Gasteiger partial charge on any atom is -0.208 e. The SMILES string of the molecule is CC1(C)c2ccccc2-c2ccc(-c3nc(-c4ccccc4)nc(-c4ccc(-c5ccc6c7c(ccc(-c8cccc9sc%10cc(C#N)ccc%10c89)c57)-c5ccccc5-6)cc4)n3)cc21. The Balaban J connectivity index is 0.974. The molecule has 2 heterocycles. The van der Waals surface area contributed by atoms with Gasteiger partial charge in [0.05, 0.1) is 11.6 Å². The maximum Gasteiger partial charge on any atom is 0.164 e. The van der Waals surface area contributed by atoms with Gasteiger partial charge in [-0.1, -0.05) is 172 Å². The highest BCUT2D eigenvalue weighted by Gasteiger charge is 2.35. The van der Waals surface area contributed by atoms with Crippen LogP contribution in [0.1, 0.15) is 30.5 Å². The first kappa shape index (κ1) is 36.6. The number of hydrogen-bond acceptors (Lipinski definition) is 5. The number of rotatable bonds is 5.